The fourth-order valence-corrected chi connectivity index (χ4v) is 3.14. The first kappa shape index (κ1) is 24.4. The molecule has 176 valence electrons. The van der Waals surface area contributed by atoms with Crippen LogP contribution < -0.4 is 15.6 Å². The number of benzene rings is 1. The molecule has 0 bridgehead atoms. The lowest BCUT2D eigenvalue weighted by molar-refractivity contribution is -0.137. The molecular weight excluding hydrogens is 440 g/mol. The molecule has 0 aliphatic heterocycles. The van der Waals surface area contributed by atoms with Gasteiger partial charge in [0.1, 0.15) is 19.1 Å². The number of halogens is 4. The fourth-order valence-electron chi connectivity index (χ4n) is 3.14. The number of nitrogens with zero attached hydrogens (tertiary/aromatic N) is 2. The molecule has 0 atom stereocenters. The van der Waals surface area contributed by atoms with Crippen molar-refractivity contribution in [1.29, 1.82) is 0 Å². The maximum absolute atomic E-state index is 13.7. The number of nitrogens with one attached hydrogen (secondary N) is 2. The molecule has 0 fully saturated rings. The molecule has 0 aliphatic rings. The summed E-state index contributed by atoms with van der Waals surface area (Å²) in [5, 5.41) is 3.19. The van der Waals surface area contributed by atoms with Crippen LogP contribution in [0, 0.1) is 5.92 Å². The monoisotopic (exact) mass is 464 g/mol. The van der Waals surface area contributed by atoms with Gasteiger partial charge in [-0.05, 0) is 36.2 Å². The van der Waals surface area contributed by atoms with Crippen molar-refractivity contribution in [2.24, 2.45) is 5.92 Å². The van der Waals surface area contributed by atoms with Crippen molar-refractivity contribution in [3.8, 4) is 28.5 Å². The van der Waals surface area contributed by atoms with E-state index in [1.807, 2.05) is 13.8 Å². The molecule has 1 aromatic carbocycles. The molecule has 2 heterocycles. The van der Waals surface area contributed by atoms with Gasteiger partial charge in [-0.1, -0.05) is 19.9 Å². The maximum Gasteiger partial charge on any atom is 0.417 e. The quantitative estimate of drug-likeness (QED) is 0.452. The third-order valence-corrected chi connectivity index (χ3v) is 4.63. The van der Waals surface area contributed by atoms with Gasteiger partial charge >= 0.3 is 6.18 Å². The summed E-state index contributed by atoms with van der Waals surface area (Å²) in [5.74, 6) is 0.367. The van der Waals surface area contributed by atoms with Gasteiger partial charge < -0.3 is 15.0 Å². The molecule has 33 heavy (non-hydrogen) atoms. The number of aromatic amines is 1. The minimum atomic E-state index is -4.63. The average molecular weight is 464 g/mol. The van der Waals surface area contributed by atoms with E-state index in [4.69, 9.17) is 4.74 Å². The predicted octanol–water partition coefficient (Wildman–Crippen LogP) is 4.61. The molecule has 3 aromatic rings. The van der Waals surface area contributed by atoms with Gasteiger partial charge in [-0.2, -0.15) is 13.2 Å². The molecule has 6 nitrogen and oxygen atoms in total. The van der Waals surface area contributed by atoms with Crippen LogP contribution in [-0.4, -0.2) is 34.8 Å². The van der Waals surface area contributed by atoms with Gasteiger partial charge in [0.25, 0.3) is 5.56 Å². The number of pyridine rings is 1. The summed E-state index contributed by atoms with van der Waals surface area (Å²) in [6, 6.07) is 7.96. The third kappa shape index (κ3) is 6.61. The average Bonchev–Trinajstić information content (AvgIpc) is 2.76. The Morgan fingerprint density at radius 3 is 2.58 bits per heavy atom. The summed E-state index contributed by atoms with van der Waals surface area (Å²) in [7, 11) is 0. The van der Waals surface area contributed by atoms with E-state index in [-0.39, 0.29) is 29.6 Å². The molecule has 2 N–H and O–H groups in total. The number of aromatic nitrogens is 3. The number of rotatable bonds is 9. The van der Waals surface area contributed by atoms with Crippen LogP contribution in [0.3, 0.4) is 0 Å². The summed E-state index contributed by atoms with van der Waals surface area (Å²) in [6.07, 6.45) is -3.28. The predicted molar refractivity (Wildman–Crippen MR) is 117 cm³/mol. The summed E-state index contributed by atoms with van der Waals surface area (Å²) >= 11 is 0. The molecule has 0 radical (unpaired) electrons. The molecule has 0 spiro atoms. The lowest BCUT2D eigenvalue weighted by Crippen LogP contribution is -2.19. The highest BCUT2D eigenvalue weighted by Gasteiger charge is 2.34. The molecular formula is C23H24F4N4O2. The van der Waals surface area contributed by atoms with Gasteiger partial charge in [0, 0.05) is 36.0 Å². The molecule has 10 heteroatoms. The standard InChI is InChI=1S/C23H24F4N4O2/c1-14(2)11-28-12-15-3-5-18(23(25,26)27)17(9-15)22-30-19(10-20(32)31-22)16-4-6-21(29-13-16)33-8-7-24/h3-6,9-10,13-14,28H,7-8,11-12H2,1-2H3,(H,30,31,32). The zero-order valence-corrected chi connectivity index (χ0v) is 18.2. The van der Waals surface area contributed by atoms with Crippen LogP contribution >= 0.6 is 0 Å². The molecule has 0 saturated heterocycles. The van der Waals surface area contributed by atoms with E-state index < -0.39 is 24.0 Å². The first-order valence-electron chi connectivity index (χ1n) is 10.3. The lowest BCUT2D eigenvalue weighted by atomic mass is 10.0. The molecule has 0 aliphatic carbocycles. The van der Waals surface area contributed by atoms with Gasteiger partial charge in [0.15, 0.2) is 0 Å². The van der Waals surface area contributed by atoms with Crippen molar-refractivity contribution < 1.29 is 22.3 Å². The van der Waals surface area contributed by atoms with Crippen molar-refractivity contribution in [1.82, 2.24) is 20.3 Å². The van der Waals surface area contributed by atoms with Crippen LogP contribution in [0.2, 0.25) is 0 Å². The number of H-pyrrole nitrogens is 1. The van der Waals surface area contributed by atoms with E-state index in [1.54, 1.807) is 6.07 Å². The van der Waals surface area contributed by atoms with Crippen LogP contribution in [-0.2, 0) is 12.7 Å². The molecule has 0 saturated carbocycles. The van der Waals surface area contributed by atoms with Gasteiger partial charge in [-0.15, -0.1) is 0 Å². The van der Waals surface area contributed by atoms with E-state index in [9.17, 15) is 22.4 Å². The minimum Gasteiger partial charge on any atom is -0.475 e. The second-order valence-electron chi connectivity index (χ2n) is 7.80. The lowest BCUT2D eigenvalue weighted by Gasteiger charge is -2.15. The second kappa shape index (κ2) is 10.6. The summed E-state index contributed by atoms with van der Waals surface area (Å²) in [5.41, 5.74) is -0.551. The Balaban J connectivity index is 2.00. The highest BCUT2D eigenvalue weighted by Crippen LogP contribution is 2.36. The van der Waals surface area contributed by atoms with Gasteiger partial charge in [0.05, 0.1) is 11.3 Å². The highest BCUT2D eigenvalue weighted by atomic mass is 19.4. The van der Waals surface area contributed by atoms with Gasteiger partial charge in [-0.3, -0.25) is 4.79 Å². The number of hydrogen-bond acceptors (Lipinski definition) is 5. The van der Waals surface area contributed by atoms with E-state index in [0.29, 0.717) is 30.1 Å². The van der Waals surface area contributed by atoms with E-state index in [2.05, 4.69) is 20.3 Å². The van der Waals surface area contributed by atoms with Gasteiger partial charge in [0.2, 0.25) is 5.88 Å². The van der Waals surface area contributed by atoms with Crippen molar-refractivity contribution in [2.75, 3.05) is 19.8 Å². The Morgan fingerprint density at radius 1 is 1.15 bits per heavy atom. The zero-order valence-electron chi connectivity index (χ0n) is 18.2. The van der Waals surface area contributed by atoms with Crippen LogP contribution in [0.25, 0.3) is 22.6 Å². The Labute approximate surface area is 188 Å². The molecule has 2 aromatic heterocycles. The largest absolute Gasteiger partial charge is 0.475 e. The third-order valence-electron chi connectivity index (χ3n) is 4.63. The summed E-state index contributed by atoms with van der Waals surface area (Å²) < 4.78 is 58.4. The van der Waals surface area contributed by atoms with Crippen LogP contribution in [0.15, 0.2) is 47.4 Å². The second-order valence-corrected chi connectivity index (χ2v) is 7.80. The van der Waals surface area contributed by atoms with E-state index in [1.165, 1.54) is 30.5 Å². The fraction of sp³-hybridized carbons (Fsp3) is 0.348. The first-order valence-corrected chi connectivity index (χ1v) is 10.3. The first-order chi connectivity index (χ1) is 15.7. The number of ether oxygens (including phenoxy) is 1. The SMILES string of the molecule is CC(C)CNCc1ccc(C(F)(F)F)c(-c2nc(-c3ccc(OCCF)nc3)cc(=O)[nH]2)c1. The van der Waals surface area contributed by atoms with Crippen molar-refractivity contribution >= 4 is 0 Å². The summed E-state index contributed by atoms with van der Waals surface area (Å²) in [6.45, 7) is 4.31. The Bertz CT molecular complexity index is 1130. The van der Waals surface area contributed by atoms with Gasteiger partial charge in [-0.25, -0.2) is 14.4 Å². The topological polar surface area (TPSA) is 79.9 Å². The Kier molecular flexibility index (Phi) is 7.80. The van der Waals surface area contributed by atoms with Crippen LogP contribution in [0.4, 0.5) is 17.6 Å². The zero-order chi connectivity index (χ0) is 24.0. The van der Waals surface area contributed by atoms with E-state index >= 15 is 0 Å². The van der Waals surface area contributed by atoms with Crippen molar-refractivity contribution in [2.45, 2.75) is 26.6 Å². The number of alkyl halides is 4. The number of hydrogen-bond donors (Lipinski definition) is 2. The highest BCUT2D eigenvalue weighted by molar-refractivity contribution is 5.66. The van der Waals surface area contributed by atoms with Crippen molar-refractivity contribution in [3.05, 3.63) is 64.1 Å². The normalized spacial score (nSPS) is 11.7. The Morgan fingerprint density at radius 2 is 1.94 bits per heavy atom. The molecule has 0 unspecified atom stereocenters. The summed E-state index contributed by atoms with van der Waals surface area (Å²) in [4.78, 5) is 23.0. The van der Waals surface area contributed by atoms with Crippen molar-refractivity contribution in [3.63, 3.8) is 0 Å². The van der Waals surface area contributed by atoms with Crippen LogP contribution in [0.1, 0.15) is 25.0 Å². The smallest absolute Gasteiger partial charge is 0.417 e. The maximum atomic E-state index is 13.7. The molecule has 0 amide bonds. The Hall–Kier alpha value is -3.27. The van der Waals surface area contributed by atoms with E-state index in [0.717, 1.165) is 6.07 Å². The molecule has 3 rings (SSSR count). The minimum absolute atomic E-state index is 0.148. The van der Waals surface area contributed by atoms with Crippen LogP contribution in [0.5, 0.6) is 5.88 Å².